The minimum atomic E-state index is 0.346. The lowest BCUT2D eigenvalue weighted by molar-refractivity contribution is 0.0746. The Balaban J connectivity index is 1.93. The quantitative estimate of drug-likeness (QED) is 0.675. The Labute approximate surface area is 82.8 Å². The second-order valence-electron chi connectivity index (χ2n) is 3.89. The van der Waals surface area contributed by atoms with E-state index in [9.17, 15) is 0 Å². The molecule has 1 aliphatic carbocycles. The summed E-state index contributed by atoms with van der Waals surface area (Å²) in [5, 5.41) is 4.18. The van der Waals surface area contributed by atoms with Crippen molar-refractivity contribution in [1.82, 2.24) is 4.98 Å². The van der Waals surface area contributed by atoms with E-state index in [-0.39, 0.29) is 0 Å². The molecular formula is C11H12N2O. The third-order valence-corrected chi connectivity index (χ3v) is 3.07. The van der Waals surface area contributed by atoms with Crippen LogP contribution in [0.1, 0.15) is 24.8 Å². The predicted octanol–water partition coefficient (Wildman–Crippen LogP) is 1.98. The highest BCUT2D eigenvalue weighted by atomic mass is 16.6. The van der Waals surface area contributed by atoms with Crippen LogP contribution in [-0.2, 0) is 4.84 Å². The topological polar surface area (TPSA) is 34.5 Å². The van der Waals surface area contributed by atoms with Gasteiger partial charge in [-0.25, -0.2) is 0 Å². The summed E-state index contributed by atoms with van der Waals surface area (Å²) in [6.07, 6.45) is 7.59. The first-order chi connectivity index (χ1) is 6.95. The van der Waals surface area contributed by atoms with Gasteiger partial charge in [-0.15, -0.1) is 0 Å². The first-order valence-electron chi connectivity index (χ1n) is 5.09. The van der Waals surface area contributed by atoms with Gasteiger partial charge in [-0.05, 0) is 31.4 Å². The molecule has 1 aliphatic heterocycles. The van der Waals surface area contributed by atoms with Crippen LogP contribution in [0.5, 0.6) is 0 Å². The maximum Gasteiger partial charge on any atom is 0.136 e. The monoisotopic (exact) mass is 188 g/mol. The summed E-state index contributed by atoms with van der Waals surface area (Å²) in [6, 6.07) is 4.01. The second-order valence-corrected chi connectivity index (χ2v) is 3.89. The van der Waals surface area contributed by atoms with Gasteiger partial charge in [0.05, 0.1) is 5.71 Å². The summed E-state index contributed by atoms with van der Waals surface area (Å²) in [7, 11) is 0. The van der Waals surface area contributed by atoms with E-state index in [1.165, 1.54) is 12.8 Å². The zero-order chi connectivity index (χ0) is 9.38. The van der Waals surface area contributed by atoms with Crippen molar-refractivity contribution in [1.29, 1.82) is 0 Å². The molecule has 3 nitrogen and oxygen atoms in total. The van der Waals surface area contributed by atoms with E-state index < -0.39 is 0 Å². The molecular weight excluding hydrogens is 176 g/mol. The smallest absolute Gasteiger partial charge is 0.136 e. The zero-order valence-corrected chi connectivity index (χ0v) is 7.89. The van der Waals surface area contributed by atoms with E-state index in [0.717, 1.165) is 17.7 Å². The fourth-order valence-corrected chi connectivity index (χ4v) is 2.35. The highest BCUT2D eigenvalue weighted by Gasteiger charge is 2.38. The molecule has 0 saturated heterocycles. The molecule has 2 heterocycles. The van der Waals surface area contributed by atoms with Gasteiger partial charge in [-0.3, -0.25) is 4.98 Å². The van der Waals surface area contributed by atoms with Crippen LogP contribution >= 0.6 is 0 Å². The molecule has 1 aromatic heterocycles. The molecule has 3 rings (SSSR count). The number of fused-ring (bicyclic) bond motifs is 1. The standard InChI is InChI=1S/C11H12N2O/c1-2-9-10(3-1)14-13-11(9)8-4-6-12-7-5-8/h4-7,9-10H,1-3H2. The largest absolute Gasteiger partial charge is 0.392 e. The van der Waals surface area contributed by atoms with E-state index in [4.69, 9.17) is 4.84 Å². The molecule has 1 aromatic rings. The minimum Gasteiger partial charge on any atom is -0.392 e. The van der Waals surface area contributed by atoms with Gasteiger partial charge in [0.1, 0.15) is 6.10 Å². The lowest BCUT2D eigenvalue weighted by Crippen LogP contribution is -2.17. The molecule has 0 aromatic carbocycles. The summed E-state index contributed by atoms with van der Waals surface area (Å²) in [6.45, 7) is 0. The molecule has 0 radical (unpaired) electrons. The normalized spacial score (nSPS) is 29.6. The molecule has 1 fully saturated rings. The van der Waals surface area contributed by atoms with E-state index in [1.54, 1.807) is 12.4 Å². The van der Waals surface area contributed by atoms with Crippen molar-refractivity contribution in [3.05, 3.63) is 30.1 Å². The Morgan fingerprint density at radius 2 is 2.07 bits per heavy atom. The average Bonchev–Trinajstić information content (AvgIpc) is 2.79. The van der Waals surface area contributed by atoms with Gasteiger partial charge in [0.2, 0.25) is 0 Å². The van der Waals surface area contributed by atoms with E-state index in [2.05, 4.69) is 10.1 Å². The second kappa shape index (κ2) is 3.08. The first kappa shape index (κ1) is 7.97. The fourth-order valence-electron chi connectivity index (χ4n) is 2.35. The van der Waals surface area contributed by atoms with Crippen LogP contribution in [-0.4, -0.2) is 16.8 Å². The van der Waals surface area contributed by atoms with Gasteiger partial charge in [-0.1, -0.05) is 5.16 Å². The first-order valence-corrected chi connectivity index (χ1v) is 5.09. The Bertz CT molecular complexity index is 361. The summed E-state index contributed by atoms with van der Waals surface area (Å²) in [5.74, 6) is 0.525. The summed E-state index contributed by atoms with van der Waals surface area (Å²) < 4.78 is 0. The van der Waals surface area contributed by atoms with Gasteiger partial charge in [0, 0.05) is 23.9 Å². The Hall–Kier alpha value is -1.38. The van der Waals surface area contributed by atoms with Crippen LogP contribution in [0.4, 0.5) is 0 Å². The highest BCUT2D eigenvalue weighted by molar-refractivity contribution is 6.03. The number of oxime groups is 1. The Kier molecular flexibility index (Phi) is 1.76. The number of aromatic nitrogens is 1. The lowest BCUT2D eigenvalue weighted by atomic mass is 9.95. The Morgan fingerprint density at radius 3 is 2.93 bits per heavy atom. The van der Waals surface area contributed by atoms with Crippen molar-refractivity contribution in [2.45, 2.75) is 25.4 Å². The lowest BCUT2D eigenvalue weighted by Gasteiger charge is -2.07. The molecule has 0 bridgehead atoms. The molecule has 2 atom stereocenters. The van der Waals surface area contributed by atoms with Gasteiger partial charge < -0.3 is 4.84 Å². The van der Waals surface area contributed by atoms with Crippen molar-refractivity contribution in [2.24, 2.45) is 11.1 Å². The molecule has 1 saturated carbocycles. The van der Waals surface area contributed by atoms with Crippen LogP contribution in [0.15, 0.2) is 29.7 Å². The van der Waals surface area contributed by atoms with E-state index >= 15 is 0 Å². The van der Waals surface area contributed by atoms with Crippen LogP contribution in [0.25, 0.3) is 0 Å². The van der Waals surface area contributed by atoms with Crippen molar-refractivity contribution in [2.75, 3.05) is 0 Å². The molecule has 2 aliphatic rings. The van der Waals surface area contributed by atoms with Gasteiger partial charge in [0.15, 0.2) is 0 Å². The Morgan fingerprint density at radius 1 is 1.21 bits per heavy atom. The number of nitrogens with zero attached hydrogens (tertiary/aromatic N) is 2. The predicted molar refractivity (Wildman–Crippen MR) is 53.0 cm³/mol. The van der Waals surface area contributed by atoms with Gasteiger partial charge in [-0.2, -0.15) is 0 Å². The molecule has 0 amide bonds. The maximum absolute atomic E-state index is 5.41. The van der Waals surface area contributed by atoms with Gasteiger partial charge >= 0.3 is 0 Å². The minimum absolute atomic E-state index is 0.346. The maximum atomic E-state index is 5.41. The van der Waals surface area contributed by atoms with Crippen LogP contribution in [0.3, 0.4) is 0 Å². The molecule has 3 heteroatoms. The fraction of sp³-hybridized carbons (Fsp3) is 0.455. The number of hydrogen-bond donors (Lipinski definition) is 0. The number of pyridine rings is 1. The summed E-state index contributed by atoms with van der Waals surface area (Å²) >= 11 is 0. The average molecular weight is 188 g/mol. The third-order valence-electron chi connectivity index (χ3n) is 3.07. The van der Waals surface area contributed by atoms with Crippen molar-refractivity contribution in [3.63, 3.8) is 0 Å². The summed E-state index contributed by atoms with van der Waals surface area (Å²) in [5.41, 5.74) is 2.28. The van der Waals surface area contributed by atoms with Crippen LogP contribution in [0.2, 0.25) is 0 Å². The molecule has 14 heavy (non-hydrogen) atoms. The number of hydrogen-bond acceptors (Lipinski definition) is 3. The third kappa shape index (κ3) is 1.12. The van der Waals surface area contributed by atoms with Gasteiger partial charge in [0.25, 0.3) is 0 Å². The van der Waals surface area contributed by atoms with Crippen LogP contribution < -0.4 is 0 Å². The summed E-state index contributed by atoms with van der Waals surface area (Å²) in [4.78, 5) is 9.42. The molecule has 0 N–H and O–H groups in total. The SMILES string of the molecule is c1cc(C2=NOC3CCCC23)ccn1. The molecule has 2 unspecified atom stereocenters. The molecule has 0 spiro atoms. The van der Waals surface area contributed by atoms with Crippen molar-refractivity contribution < 1.29 is 4.84 Å². The van der Waals surface area contributed by atoms with Crippen molar-refractivity contribution in [3.8, 4) is 0 Å². The number of rotatable bonds is 1. The van der Waals surface area contributed by atoms with E-state index in [1.807, 2.05) is 12.1 Å². The van der Waals surface area contributed by atoms with Crippen LogP contribution in [0, 0.1) is 5.92 Å². The van der Waals surface area contributed by atoms with Crippen molar-refractivity contribution >= 4 is 5.71 Å². The van der Waals surface area contributed by atoms with E-state index in [0.29, 0.717) is 12.0 Å². The highest BCUT2D eigenvalue weighted by Crippen LogP contribution is 2.35. The zero-order valence-electron chi connectivity index (χ0n) is 7.89. The molecule has 72 valence electrons.